The number of hydrogen-bond acceptors (Lipinski definition) is 5. The first-order valence-electron chi connectivity index (χ1n) is 8.31. The van der Waals surface area contributed by atoms with Crippen LogP contribution in [0.4, 0.5) is 0 Å². The van der Waals surface area contributed by atoms with E-state index >= 15 is 0 Å². The van der Waals surface area contributed by atoms with Gasteiger partial charge in [0.25, 0.3) is 5.91 Å². The lowest BCUT2D eigenvalue weighted by Gasteiger charge is -2.37. The molecule has 2 N–H and O–H groups in total. The number of rotatable bonds is 7. The Balaban J connectivity index is 2.10. The molecule has 1 saturated heterocycles. The van der Waals surface area contributed by atoms with Gasteiger partial charge in [-0.15, -0.1) is 0 Å². The number of nitrogens with zero attached hydrogens (tertiary/aromatic N) is 1. The summed E-state index contributed by atoms with van der Waals surface area (Å²) >= 11 is 0. The van der Waals surface area contributed by atoms with Crippen molar-refractivity contribution in [2.45, 2.75) is 24.7 Å². The van der Waals surface area contributed by atoms with Crippen molar-refractivity contribution in [1.82, 2.24) is 9.62 Å². The van der Waals surface area contributed by atoms with Gasteiger partial charge in [-0.25, -0.2) is 13.1 Å². The number of carbonyl (C=O) groups excluding carboxylic acids is 1. The van der Waals surface area contributed by atoms with Crippen LogP contribution in [0.3, 0.4) is 0 Å². The monoisotopic (exact) mass is 384 g/mol. The minimum Gasteiger partial charge on any atom is -0.481 e. The average molecular weight is 384 g/mol. The molecular formula is C17H24N2O6S. The highest BCUT2D eigenvalue weighted by Crippen LogP contribution is 2.30. The summed E-state index contributed by atoms with van der Waals surface area (Å²) in [6.07, 6.45) is 1.14. The maximum Gasteiger partial charge on any atom is 0.311 e. The van der Waals surface area contributed by atoms with Gasteiger partial charge >= 0.3 is 5.97 Å². The van der Waals surface area contributed by atoms with Crippen LogP contribution >= 0.6 is 0 Å². The third kappa shape index (κ3) is 4.60. The van der Waals surface area contributed by atoms with E-state index in [1.54, 1.807) is 6.92 Å². The van der Waals surface area contributed by atoms with E-state index in [2.05, 4.69) is 4.72 Å². The number of nitrogens with one attached hydrogen (secondary N) is 1. The molecule has 0 aromatic heterocycles. The van der Waals surface area contributed by atoms with Crippen LogP contribution in [0.2, 0.25) is 0 Å². The fraction of sp³-hybridized carbons (Fsp3) is 0.529. The van der Waals surface area contributed by atoms with Gasteiger partial charge in [-0.3, -0.25) is 9.59 Å². The molecule has 8 nitrogen and oxygen atoms in total. The molecule has 1 aliphatic rings. The van der Waals surface area contributed by atoms with Gasteiger partial charge in [-0.1, -0.05) is 0 Å². The second-order valence-electron chi connectivity index (χ2n) is 6.61. The fourth-order valence-corrected chi connectivity index (χ4v) is 3.92. The maximum absolute atomic E-state index is 12.6. The molecule has 1 aliphatic heterocycles. The van der Waals surface area contributed by atoms with Gasteiger partial charge in [0.15, 0.2) is 0 Å². The number of likely N-dealkylation sites (tertiary alicyclic amines) is 1. The van der Waals surface area contributed by atoms with Crippen LogP contribution in [0.25, 0.3) is 0 Å². The summed E-state index contributed by atoms with van der Waals surface area (Å²) in [6.45, 7) is 2.67. The van der Waals surface area contributed by atoms with E-state index in [0.29, 0.717) is 24.9 Å². The minimum absolute atomic E-state index is 0.0548. The van der Waals surface area contributed by atoms with E-state index in [9.17, 15) is 23.1 Å². The Morgan fingerprint density at radius 3 is 2.54 bits per heavy atom. The van der Waals surface area contributed by atoms with Gasteiger partial charge in [0, 0.05) is 32.3 Å². The zero-order chi connectivity index (χ0) is 19.4. The van der Waals surface area contributed by atoms with Gasteiger partial charge < -0.3 is 14.7 Å². The molecule has 0 aliphatic carbocycles. The Morgan fingerprint density at radius 1 is 1.31 bits per heavy atom. The summed E-state index contributed by atoms with van der Waals surface area (Å²) in [5.41, 5.74) is -0.627. The Morgan fingerprint density at radius 2 is 1.96 bits per heavy atom. The minimum atomic E-state index is -3.66. The highest BCUT2D eigenvalue weighted by atomic mass is 32.2. The van der Waals surface area contributed by atoms with Gasteiger partial charge in [0.1, 0.15) is 0 Å². The molecule has 1 atom stereocenters. The van der Waals surface area contributed by atoms with Crippen LogP contribution in [0.5, 0.6) is 0 Å². The van der Waals surface area contributed by atoms with Crippen LogP contribution in [-0.2, 0) is 19.6 Å². The fourth-order valence-electron chi connectivity index (χ4n) is 2.91. The first-order valence-corrected chi connectivity index (χ1v) is 9.79. The topological polar surface area (TPSA) is 113 Å². The highest BCUT2D eigenvalue weighted by Gasteiger charge is 2.39. The number of sulfonamides is 1. The quantitative estimate of drug-likeness (QED) is 0.677. The maximum atomic E-state index is 12.6. The van der Waals surface area contributed by atoms with Gasteiger partial charge in [-0.05, 0) is 44.0 Å². The van der Waals surface area contributed by atoms with Crippen molar-refractivity contribution in [3.8, 4) is 0 Å². The van der Waals surface area contributed by atoms with E-state index in [1.165, 1.54) is 36.3 Å². The number of aliphatic carboxylic acids is 1. The van der Waals surface area contributed by atoms with Gasteiger partial charge in [0.05, 0.1) is 16.9 Å². The van der Waals surface area contributed by atoms with Crippen LogP contribution in [0.1, 0.15) is 30.1 Å². The summed E-state index contributed by atoms with van der Waals surface area (Å²) in [5.74, 6) is -1.22. The predicted octanol–water partition coefficient (Wildman–Crippen LogP) is 0.938. The van der Waals surface area contributed by atoms with Crippen molar-refractivity contribution in [1.29, 1.82) is 0 Å². The van der Waals surface area contributed by atoms with Crippen molar-refractivity contribution in [3.05, 3.63) is 29.8 Å². The summed E-state index contributed by atoms with van der Waals surface area (Å²) in [7, 11) is -2.19. The summed E-state index contributed by atoms with van der Waals surface area (Å²) in [4.78, 5) is 25.6. The smallest absolute Gasteiger partial charge is 0.311 e. The summed E-state index contributed by atoms with van der Waals surface area (Å²) in [5, 5.41) is 9.36. The second-order valence-corrected chi connectivity index (χ2v) is 8.38. The molecule has 9 heteroatoms. The molecule has 1 fully saturated rings. The molecule has 144 valence electrons. The average Bonchev–Trinajstić information content (AvgIpc) is 2.61. The lowest BCUT2D eigenvalue weighted by Crippen LogP contribution is -2.48. The second kappa shape index (κ2) is 8.15. The highest BCUT2D eigenvalue weighted by molar-refractivity contribution is 7.89. The van der Waals surface area contributed by atoms with Crippen molar-refractivity contribution in [3.63, 3.8) is 0 Å². The van der Waals surface area contributed by atoms with Crippen molar-refractivity contribution in [2.24, 2.45) is 5.41 Å². The van der Waals surface area contributed by atoms with Gasteiger partial charge in [0.2, 0.25) is 10.0 Å². The molecule has 1 aromatic rings. The third-order valence-electron chi connectivity index (χ3n) is 4.51. The first kappa shape index (κ1) is 20.3. The molecule has 26 heavy (non-hydrogen) atoms. The molecular weight excluding hydrogens is 360 g/mol. The summed E-state index contributed by atoms with van der Waals surface area (Å²) in [6, 6.07) is 5.62. The van der Waals surface area contributed by atoms with Crippen LogP contribution in [0, 0.1) is 5.41 Å². The lowest BCUT2D eigenvalue weighted by molar-refractivity contribution is -0.150. The molecule has 2 rings (SSSR count). The number of piperidine rings is 1. The molecule has 1 aromatic carbocycles. The van der Waals surface area contributed by atoms with Crippen LogP contribution < -0.4 is 4.72 Å². The normalized spacial score (nSPS) is 20.8. The number of hydrogen-bond donors (Lipinski definition) is 2. The predicted molar refractivity (Wildman–Crippen MR) is 94.4 cm³/mol. The summed E-state index contributed by atoms with van der Waals surface area (Å²) < 4.78 is 31.4. The van der Waals surface area contributed by atoms with E-state index in [-0.39, 0.29) is 30.5 Å². The van der Waals surface area contributed by atoms with E-state index < -0.39 is 21.4 Å². The largest absolute Gasteiger partial charge is 0.481 e. The molecule has 0 bridgehead atoms. The zero-order valence-corrected chi connectivity index (χ0v) is 15.7. The molecule has 1 amide bonds. The Hall–Kier alpha value is -1.97. The molecule has 0 saturated carbocycles. The third-order valence-corrected chi connectivity index (χ3v) is 5.99. The molecule has 1 heterocycles. The standard InChI is InChI=1S/C17H24N2O6S/c1-17(16(21)22)8-3-10-19(12-17)15(20)13-4-6-14(7-5-13)26(23,24)18-9-11-25-2/h4-7,18H,3,8-12H2,1-2H3,(H,21,22). The number of carboxylic acid groups (broad SMARTS) is 1. The molecule has 0 radical (unpaired) electrons. The van der Waals surface area contributed by atoms with Crippen molar-refractivity contribution < 1.29 is 27.9 Å². The van der Waals surface area contributed by atoms with Crippen LogP contribution in [0.15, 0.2) is 29.2 Å². The number of amides is 1. The van der Waals surface area contributed by atoms with Gasteiger partial charge in [-0.2, -0.15) is 0 Å². The van der Waals surface area contributed by atoms with E-state index in [1.807, 2.05) is 0 Å². The molecule has 0 spiro atoms. The Bertz CT molecular complexity index is 762. The Labute approximate surface area is 153 Å². The number of methoxy groups -OCH3 is 1. The number of ether oxygens (including phenoxy) is 1. The first-order chi connectivity index (χ1) is 12.2. The SMILES string of the molecule is COCCNS(=O)(=O)c1ccc(C(=O)N2CCCC(C)(C(=O)O)C2)cc1. The van der Waals surface area contributed by atoms with Crippen molar-refractivity contribution in [2.75, 3.05) is 33.4 Å². The number of benzene rings is 1. The zero-order valence-electron chi connectivity index (χ0n) is 14.9. The number of carbonyl (C=O) groups is 2. The van der Waals surface area contributed by atoms with Crippen LogP contribution in [-0.4, -0.2) is 63.7 Å². The van der Waals surface area contributed by atoms with E-state index in [0.717, 1.165) is 0 Å². The lowest BCUT2D eigenvalue weighted by atomic mass is 9.82. The number of carboxylic acids is 1. The van der Waals surface area contributed by atoms with Crippen molar-refractivity contribution >= 4 is 21.9 Å². The molecule has 1 unspecified atom stereocenters. The Kier molecular flexibility index (Phi) is 6.38. The van der Waals surface area contributed by atoms with E-state index in [4.69, 9.17) is 4.74 Å².